The van der Waals surface area contributed by atoms with Crippen molar-refractivity contribution >= 4 is 5.69 Å². The molecule has 1 aromatic carbocycles. The van der Waals surface area contributed by atoms with Gasteiger partial charge in [0.05, 0.1) is 0 Å². The zero-order valence-corrected chi connectivity index (χ0v) is 8.51. The van der Waals surface area contributed by atoms with Crippen molar-refractivity contribution in [3.8, 4) is 0 Å². The second-order valence-corrected chi connectivity index (χ2v) is 4.44. The van der Waals surface area contributed by atoms with Crippen LogP contribution in [0, 0.1) is 6.92 Å². The second-order valence-electron chi connectivity index (χ2n) is 4.44. The van der Waals surface area contributed by atoms with E-state index in [9.17, 15) is 0 Å². The first-order valence-corrected chi connectivity index (χ1v) is 5.42. The molecule has 2 aliphatic rings. The molecule has 2 heteroatoms. The molecule has 14 heavy (non-hydrogen) atoms. The fraction of sp³-hybridized carbons (Fsp3) is 0.500. The largest absolute Gasteiger partial charge is 0.381 e. The van der Waals surface area contributed by atoms with Crippen molar-refractivity contribution in [3.63, 3.8) is 0 Å². The number of piperidine rings is 1. The van der Waals surface area contributed by atoms with Crippen molar-refractivity contribution in [2.45, 2.75) is 25.3 Å². The van der Waals surface area contributed by atoms with Crippen LogP contribution in [-0.2, 0) is 0 Å². The Morgan fingerprint density at radius 2 is 2.29 bits per heavy atom. The van der Waals surface area contributed by atoms with Gasteiger partial charge in [0.25, 0.3) is 0 Å². The van der Waals surface area contributed by atoms with Gasteiger partial charge in [0.1, 0.15) is 0 Å². The highest BCUT2D eigenvalue weighted by atomic mass is 15.0. The SMILES string of the molecule is Cc1ccc2c(c1)[C@@H]1CNCC[C@H]1N2. The molecule has 2 aliphatic heterocycles. The zero-order valence-electron chi connectivity index (χ0n) is 8.51. The Kier molecular flexibility index (Phi) is 1.77. The minimum absolute atomic E-state index is 0.674. The molecule has 2 atom stereocenters. The molecule has 74 valence electrons. The molecule has 2 nitrogen and oxygen atoms in total. The minimum Gasteiger partial charge on any atom is -0.381 e. The van der Waals surface area contributed by atoms with Crippen LogP contribution in [0.15, 0.2) is 18.2 Å². The summed E-state index contributed by atoms with van der Waals surface area (Å²) in [4.78, 5) is 0. The van der Waals surface area contributed by atoms with E-state index in [-0.39, 0.29) is 0 Å². The van der Waals surface area contributed by atoms with E-state index >= 15 is 0 Å². The first-order chi connectivity index (χ1) is 6.84. The maximum absolute atomic E-state index is 3.62. The van der Waals surface area contributed by atoms with Crippen LogP contribution < -0.4 is 10.6 Å². The van der Waals surface area contributed by atoms with Crippen molar-refractivity contribution in [2.24, 2.45) is 0 Å². The number of fused-ring (bicyclic) bond motifs is 3. The molecule has 0 spiro atoms. The Labute approximate surface area is 84.7 Å². The van der Waals surface area contributed by atoms with E-state index in [2.05, 4.69) is 35.8 Å². The third-order valence-corrected chi connectivity index (χ3v) is 3.43. The number of benzene rings is 1. The molecular weight excluding hydrogens is 172 g/mol. The number of anilines is 1. The van der Waals surface area contributed by atoms with Crippen LogP contribution in [0.4, 0.5) is 5.69 Å². The molecule has 1 saturated heterocycles. The monoisotopic (exact) mass is 188 g/mol. The van der Waals surface area contributed by atoms with E-state index in [0.29, 0.717) is 12.0 Å². The molecule has 0 amide bonds. The van der Waals surface area contributed by atoms with Crippen LogP contribution in [0.2, 0.25) is 0 Å². The molecule has 0 aliphatic carbocycles. The minimum atomic E-state index is 0.674. The van der Waals surface area contributed by atoms with Crippen LogP contribution in [0.3, 0.4) is 0 Å². The molecule has 1 fully saturated rings. The lowest BCUT2D eigenvalue weighted by Gasteiger charge is -2.26. The lowest BCUT2D eigenvalue weighted by Crippen LogP contribution is -2.38. The van der Waals surface area contributed by atoms with Gasteiger partial charge in [0.2, 0.25) is 0 Å². The van der Waals surface area contributed by atoms with E-state index in [1.807, 2.05) is 0 Å². The molecular formula is C12H16N2. The Morgan fingerprint density at radius 3 is 3.21 bits per heavy atom. The highest BCUT2D eigenvalue weighted by Crippen LogP contribution is 2.38. The summed E-state index contributed by atoms with van der Waals surface area (Å²) in [5.41, 5.74) is 4.24. The summed E-state index contributed by atoms with van der Waals surface area (Å²) in [6.45, 7) is 4.46. The predicted octanol–water partition coefficient (Wildman–Crippen LogP) is 1.87. The molecule has 0 unspecified atom stereocenters. The van der Waals surface area contributed by atoms with Crippen molar-refractivity contribution in [1.29, 1.82) is 0 Å². The fourth-order valence-electron chi connectivity index (χ4n) is 2.68. The third-order valence-electron chi connectivity index (χ3n) is 3.43. The Morgan fingerprint density at radius 1 is 1.36 bits per heavy atom. The predicted molar refractivity (Wildman–Crippen MR) is 58.8 cm³/mol. The first-order valence-electron chi connectivity index (χ1n) is 5.42. The lowest BCUT2D eigenvalue weighted by molar-refractivity contribution is 0.440. The second kappa shape index (κ2) is 2.99. The van der Waals surface area contributed by atoms with Gasteiger partial charge in [-0.2, -0.15) is 0 Å². The topological polar surface area (TPSA) is 24.1 Å². The summed E-state index contributed by atoms with van der Waals surface area (Å²) in [7, 11) is 0. The van der Waals surface area contributed by atoms with Gasteiger partial charge in [0.15, 0.2) is 0 Å². The standard InChI is InChI=1S/C12H16N2/c1-8-2-3-11-9(6-8)10-7-13-5-4-12(10)14-11/h2-3,6,10,12-14H,4-5,7H2,1H3/t10-,12+/m0/s1. The van der Waals surface area contributed by atoms with E-state index in [0.717, 1.165) is 13.1 Å². The van der Waals surface area contributed by atoms with Gasteiger partial charge >= 0.3 is 0 Å². The summed E-state index contributed by atoms with van der Waals surface area (Å²) < 4.78 is 0. The summed E-state index contributed by atoms with van der Waals surface area (Å²) in [6.07, 6.45) is 1.25. The Bertz CT molecular complexity index is 359. The van der Waals surface area contributed by atoms with E-state index < -0.39 is 0 Å². The van der Waals surface area contributed by atoms with E-state index in [1.165, 1.54) is 23.2 Å². The molecule has 0 radical (unpaired) electrons. The highest BCUT2D eigenvalue weighted by molar-refractivity contribution is 5.60. The lowest BCUT2D eigenvalue weighted by atomic mass is 9.90. The number of hydrogen-bond acceptors (Lipinski definition) is 2. The van der Waals surface area contributed by atoms with Crippen LogP contribution in [0.1, 0.15) is 23.5 Å². The summed E-state index contributed by atoms with van der Waals surface area (Å²) in [5, 5.41) is 7.10. The molecule has 0 bridgehead atoms. The highest BCUT2D eigenvalue weighted by Gasteiger charge is 2.33. The quantitative estimate of drug-likeness (QED) is 0.649. The summed E-state index contributed by atoms with van der Waals surface area (Å²) in [5.74, 6) is 0.693. The Hall–Kier alpha value is -1.02. The van der Waals surface area contributed by atoms with Gasteiger partial charge in [-0.1, -0.05) is 17.7 Å². The van der Waals surface area contributed by atoms with Crippen LogP contribution in [0.5, 0.6) is 0 Å². The van der Waals surface area contributed by atoms with Crippen molar-refractivity contribution in [2.75, 3.05) is 18.4 Å². The van der Waals surface area contributed by atoms with Crippen molar-refractivity contribution in [1.82, 2.24) is 5.32 Å². The maximum atomic E-state index is 3.62. The Balaban J connectivity index is 2.02. The molecule has 2 N–H and O–H groups in total. The average molecular weight is 188 g/mol. The van der Waals surface area contributed by atoms with Crippen LogP contribution in [0.25, 0.3) is 0 Å². The van der Waals surface area contributed by atoms with Crippen molar-refractivity contribution in [3.05, 3.63) is 29.3 Å². The van der Waals surface area contributed by atoms with Crippen molar-refractivity contribution < 1.29 is 0 Å². The van der Waals surface area contributed by atoms with Gasteiger partial charge in [0, 0.05) is 24.2 Å². The van der Waals surface area contributed by atoms with Gasteiger partial charge < -0.3 is 10.6 Å². The van der Waals surface area contributed by atoms with Crippen LogP contribution in [-0.4, -0.2) is 19.1 Å². The van der Waals surface area contributed by atoms with Gasteiger partial charge in [-0.15, -0.1) is 0 Å². The molecule has 1 aromatic rings. The average Bonchev–Trinajstić information content (AvgIpc) is 2.56. The van der Waals surface area contributed by atoms with E-state index in [4.69, 9.17) is 0 Å². The van der Waals surface area contributed by atoms with Gasteiger partial charge in [-0.25, -0.2) is 0 Å². The van der Waals surface area contributed by atoms with Crippen LogP contribution >= 0.6 is 0 Å². The number of aryl methyl sites for hydroxylation is 1. The number of hydrogen-bond donors (Lipinski definition) is 2. The van der Waals surface area contributed by atoms with E-state index in [1.54, 1.807) is 0 Å². The number of rotatable bonds is 0. The fourth-order valence-corrected chi connectivity index (χ4v) is 2.68. The molecule has 3 rings (SSSR count). The van der Waals surface area contributed by atoms with Gasteiger partial charge in [-0.3, -0.25) is 0 Å². The number of nitrogens with one attached hydrogen (secondary N) is 2. The normalized spacial score (nSPS) is 29.2. The molecule has 2 heterocycles. The van der Waals surface area contributed by atoms with Gasteiger partial charge in [-0.05, 0) is 31.5 Å². The first kappa shape index (κ1) is 8.30. The smallest absolute Gasteiger partial charge is 0.0379 e. The summed E-state index contributed by atoms with van der Waals surface area (Å²) >= 11 is 0. The maximum Gasteiger partial charge on any atom is 0.0379 e. The third kappa shape index (κ3) is 1.14. The summed E-state index contributed by atoms with van der Waals surface area (Å²) in [6, 6.07) is 7.42. The molecule has 0 saturated carbocycles. The molecule has 0 aromatic heterocycles. The zero-order chi connectivity index (χ0) is 9.54.